The molecule has 1 fully saturated rings. The highest BCUT2D eigenvalue weighted by Crippen LogP contribution is 2.32. The number of anilines is 1. The minimum absolute atomic E-state index is 0.140. The lowest BCUT2D eigenvalue weighted by Gasteiger charge is -2.16. The van der Waals surface area contributed by atoms with Gasteiger partial charge in [0.15, 0.2) is 5.82 Å². The average Bonchev–Trinajstić information content (AvgIpc) is 3.35. The second kappa shape index (κ2) is 8.61. The molecule has 1 unspecified atom stereocenters. The average molecular weight is 413 g/mol. The van der Waals surface area contributed by atoms with Gasteiger partial charge in [-0.05, 0) is 42.8 Å². The van der Waals surface area contributed by atoms with Crippen molar-refractivity contribution in [3.63, 3.8) is 0 Å². The summed E-state index contributed by atoms with van der Waals surface area (Å²) in [6, 6.07) is 10.4. The summed E-state index contributed by atoms with van der Waals surface area (Å²) in [5, 5.41) is 4.01. The van der Waals surface area contributed by atoms with Crippen molar-refractivity contribution in [2.45, 2.75) is 32.1 Å². The molecule has 1 aliphatic heterocycles. The fourth-order valence-electron chi connectivity index (χ4n) is 3.37. The molecule has 156 valence electrons. The molecule has 4 rings (SSSR count). The number of carbonyl (C=O) groups is 1. The van der Waals surface area contributed by atoms with Gasteiger partial charge in [0.1, 0.15) is 17.4 Å². The van der Waals surface area contributed by atoms with Crippen molar-refractivity contribution in [1.82, 2.24) is 10.1 Å². The fourth-order valence-corrected chi connectivity index (χ4v) is 3.37. The summed E-state index contributed by atoms with van der Waals surface area (Å²) >= 11 is 0. The number of unbranched alkanes of at least 4 members (excludes halogenated alkanes) is 1. The molecule has 0 saturated carbocycles. The van der Waals surface area contributed by atoms with Crippen molar-refractivity contribution in [1.29, 1.82) is 0 Å². The van der Waals surface area contributed by atoms with Crippen LogP contribution in [-0.4, -0.2) is 29.2 Å². The number of hydrogen-bond acceptors (Lipinski definition) is 5. The Bertz CT molecular complexity index is 1020. The highest BCUT2D eigenvalue weighted by molar-refractivity contribution is 5.96. The zero-order valence-electron chi connectivity index (χ0n) is 16.5. The molecule has 8 heteroatoms. The van der Waals surface area contributed by atoms with E-state index < -0.39 is 11.6 Å². The van der Waals surface area contributed by atoms with Crippen LogP contribution in [0.15, 0.2) is 47.0 Å². The summed E-state index contributed by atoms with van der Waals surface area (Å²) in [4.78, 5) is 18.1. The largest absolute Gasteiger partial charge is 0.494 e. The molecule has 1 saturated heterocycles. The summed E-state index contributed by atoms with van der Waals surface area (Å²) < 4.78 is 38.0. The SMILES string of the molecule is CCCCOc1ccc(-c2nc(C3CC(=O)N(c4cc(F)cc(F)c4)C3)no2)cc1. The van der Waals surface area contributed by atoms with Crippen LogP contribution in [0.3, 0.4) is 0 Å². The lowest BCUT2D eigenvalue weighted by Crippen LogP contribution is -2.24. The first-order valence-corrected chi connectivity index (χ1v) is 9.87. The van der Waals surface area contributed by atoms with E-state index in [1.54, 1.807) is 0 Å². The Morgan fingerprint density at radius 1 is 1.17 bits per heavy atom. The molecule has 1 amide bonds. The van der Waals surface area contributed by atoms with Gasteiger partial charge in [0, 0.05) is 36.2 Å². The molecule has 0 spiro atoms. The van der Waals surface area contributed by atoms with E-state index in [0.29, 0.717) is 18.3 Å². The Morgan fingerprint density at radius 2 is 1.90 bits per heavy atom. The zero-order chi connectivity index (χ0) is 21.1. The molecule has 1 atom stereocenters. The van der Waals surface area contributed by atoms with Crippen LogP contribution in [0, 0.1) is 11.6 Å². The van der Waals surface area contributed by atoms with E-state index in [1.165, 1.54) is 4.90 Å². The summed E-state index contributed by atoms with van der Waals surface area (Å²) in [6.45, 7) is 3.00. The van der Waals surface area contributed by atoms with E-state index in [9.17, 15) is 13.6 Å². The van der Waals surface area contributed by atoms with Crippen molar-refractivity contribution in [2.24, 2.45) is 0 Å². The van der Waals surface area contributed by atoms with Crippen molar-refractivity contribution < 1.29 is 22.8 Å². The van der Waals surface area contributed by atoms with Crippen molar-refractivity contribution in [3.8, 4) is 17.2 Å². The summed E-state index contributed by atoms with van der Waals surface area (Å²) in [5.41, 5.74) is 0.923. The normalized spacial score (nSPS) is 16.3. The number of nitrogens with zero attached hydrogens (tertiary/aromatic N) is 3. The minimum Gasteiger partial charge on any atom is -0.494 e. The van der Waals surface area contributed by atoms with Gasteiger partial charge in [0.05, 0.1) is 6.61 Å². The van der Waals surface area contributed by atoms with Crippen LogP contribution in [0.1, 0.15) is 37.9 Å². The third-order valence-corrected chi connectivity index (χ3v) is 4.96. The molecule has 0 radical (unpaired) electrons. The third kappa shape index (κ3) is 4.32. The maximum atomic E-state index is 13.5. The minimum atomic E-state index is -0.731. The highest BCUT2D eigenvalue weighted by Gasteiger charge is 2.35. The van der Waals surface area contributed by atoms with Gasteiger partial charge in [-0.3, -0.25) is 4.79 Å². The Kier molecular flexibility index (Phi) is 5.74. The number of hydrogen-bond donors (Lipinski definition) is 0. The smallest absolute Gasteiger partial charge is 0.257 e. The number of amides is 1. The first-order valence-electron chi connectivity index (χ1n) is 9.87. The molecular weight excluding hydrogens is 392 g/mol. The molecule has 2 aromatic carbocycles. The van der Waals surface area contributed by atoms with Crippen molar-refractivity contribution >= 4 is 11.6 Å². The molecule has 3 aromatic rings. The number of halogens is 2. The monoisotopic (exact) mass is 413 g/mol. The Labute approximate surface area is 172 Å². The van der Waals surface area contributed by atoms with Crippen LogP contribution in [-0.2, 0) is 4.79 Å². The quantitative estimate of drug-likeness (QED) is 0.525. The van der Waals surface area contributed by atoms with E-state index in [-0.39, 0.29) is 30.5 Å². The molecule has 0 aliphatic carbocycles. The van der Waals surface area contributed by atoms with Crippen LogP contribution >= 0.6 is 0 Å². The summed E-state index contributed by atoms with van der Waals surface area (Å²) in [5.74, 6) is -0.529. The Hall–Kier alpha value is -3.29. The van der Waals surface area contributed by atoms with Crippen molar-refractivity contribution in [3.05, 3.63) is 59.9 Å². The summed E-state index contributed by atoms with van der Waals surface area (Å²) in [7, 11) is 0. The second-order valence-corrected chi connectivity index (χ2v) is 7.22. The topological polar surface area (TPSA) is 68.5 Å². The van der Waals surface area contributed by atoms with Gasteiger partial charge in [-0.15, -0.1) is 0 Å². The molecule has 1 aliphatic rings. The van der Waals surface area contributed by atoms with Crippen LogP contribution in [0.5, 0.6) is 5.75 Å². The molecule has 6 nitrogen and oxygen atoms in total. The highest BCUT2D eigenvalue weighted by atomic mass is 19.1. The lowest BCUT2D eigenvalue weighted by molar-refractivity contribution is -0.117. The van der Waals surface area contributed by atoms with E-state index in [1.807, 2.05) is 24.3 Å². The Morgan fingerprint density at radius 3 is 2.60 bits per heavy atom. The summed E-state index contributed by atoms with van der Waals surface area (Å²) in [6.07, 6.45) is 2.20. The number of benzene rings is 2. The standard InChI is InChI=1S/C22H21F2N3O3/c1-2-3-8-29-19-6-4-14(5-7-19)22-25-21(26-30-22)15-9-20(28)27(13-15)18-11-16(23)10-17(24)12-18/h4-7,10-12,15H,2-3,8-9,13H2,1H3. The fraction of sp³-hybridized carbons (Fsp3) is 0.318. The Balaban J connectivity index is 1.46. The zero-order valence-corrected chi connectivity index (χ0v) is 16.5. The maximum absolute atomic E-state index is 13.5. The number of ether oxygens (including phenoxy) is 1. The molecule has 0 N–H and O–H groups in total. The van der Waals surface area contributed by atoms with Gasteiger partial charge in [-0.2, -0.15) is 4.98 Å². The van der Waals surface area contributed by atoms with Crippen LogP contribution in [0.4, 0.5) is 14.5 Å². The first kappa shape index (κ1) is 20.0. The predicted octanol–water partition coefficient (Wildman–Crippen LogP) is 4.71. The van der Waals surface area contributed by atoms with Gasteiger partial charge in [0.25, 0.3) is 5.89 Å². The molecule has 30 heavy (non-hydrogen) atoms. The van der Waals surface area contributed by atoms with Gasteiger partial charge in [-0.25, -0.2) is 8.78 Å². The molecule has 0 bridgehead atoms. The van der Waals surface area contributed by atoms with Gasteiger partial charge >= 0.3 is 0 Å². The van der Waals surface area contributed by atoms with E-state index in [0.717, 1.165) is 42.4 Å². The third-order valence-electron chi connectivity index (χ3n) is 4.96. The van der Waals surface area contributed by atoms with Gasteiger partial charge < -0.3 is 14.2 Å². The number of rotatable bonds is 7. The maximum Gasteiger partial charge on any atom is 0.257 e. The van der Waals surface area contributed by atoms with Gasteiger partial charge in [0.2, 0.25) is 5.91 Å². The predicted molar refractivity (Wildman–Crippen MR) is 106 cm³/mol. The molecule has 1 aromatic heterocycles. The van der Waals surface area contributed by atoms with Crippen LogP contribution in [0.25, 0.3) is 11.5 Å². The molecular formula is C22H21F2N3O3. The number of carbonyl (C=O) groups excluding carboxylic acids is 1. The van der Waals surface area contributed by atoms with Gasteiger partial charge in [-0.1, -0.05) is 18.5 Å². The van der Waals surface area contributed by atoms with Crippen LogP contribution < -0.4 is 9.64 Å². The van der Waals surface area contributed by atoms with E-state index >= 15 is 0 Å². The van der Waals surface area contributed by atoms with Crippen molar-refractivity contribution in [2.75, 3.05) is 18.1 Å². The van der Waals surface area contributed by atoms with Crippen LogP contribution in [0.2, 0.25) is 0 Å². The molecule has 2 heterocycles. The first-order chi connectivity index (χ1) is 14.5. The van der Waals surface area contributed by atoms with E-state index in [2.05, 4.69) is 17.1 Å². The lowest BCUT2D eigenvalue weighted by atomic mass is 10.1. The number of aromatic nitrogens is 2. The van der Waals surface area contributed by atoms with E-state index in [4.69, 9.17) is 9.26 Å². The second-order valence-electron chi connectivity index (χ2n) is 7.22.